The molecule has 6 rings (SSSR count). The summed E-state index contributed by atoms with van der Waals surface area (Å²) in [5.74, 6) is -0.00413. The van der Waals surface area contributed by atoms with Gasteiger partial charge in [-0.05, 0) is 67.4 Å². The van der Waals surface area contributed by atoms with Gasteiger partial charge in [0, 0.05) is 5.56 Å². The van der Waals surface area contributed by atoms with E-state index in [0.29, 0.717) is 58.8 Å². The van der Waals surface area contributed by atoms with Crippen LogP contribution in [0.3, 0.4) is 0 Å². The zero-order valence-electron chi connectivity index (χ0n) is 24.2. The zero-order valence-corrected chi connectivity index (χ0v) is 25.0. The largest absolute Gasteiger partial charge is 0.507 e. The van der Waals surface area contributed by atoms with E-state index in [4.69, 9.17) is 19.2 Å². The Kier molecular flexibility index (Phi) is 8.29. The molecule has 1 saturated heterocycles. The van der Waals surface area contributed by atoms with Gasteiger partial charge in [0.05, 0.1) is 35.0 Å². The smallest absolute Gasteiger partial charge is 0.301 e. The molecule has 222 valence electrons. The van der Waals surface area contributed by atoms with Gasteiger partial charge >= 0.3 is 5.91 Å². The number of nitrogens with zero attached hydrogens (tertiary/aromatic N) is 2. The van der Waals surface area contributed by atoms with Crippen LogP contribution in [0.25, 0.3) is 16.0 Å². The summed E-state index contributed by atoms with van der Waals surface area (Å²) in [7, 11) is 0. The molecule has 1 N–H and O–H groups in total. The van der Waals surface area contributed by atoms with E-state index in [1.165, 1.54) is 16.2 Å². The number of carbonyl (C=O) groups is 2. The van der Waals surface area contributed by atoms with Crippen LogP contribution < -0.4 is 19.1 Å². The van der Waals surface area contributed by atoms with E-state index in [1.807, 2.05) is 62.4 Å². The molecular formula is C35H30N2O6S. The fourth-order valence-corrected chi connectivity index (χ4v) is 6.16. The fourth-order valence-electron chi connectivity index (χ4n) is 5.14. The van der Waals surface area contributed by atoms with E-state index in [-0.39, 0.29) is 11.3 Å². The van der Waals surface area contributed by atoms with E-state index in [2.05, 4.69) is 0 Å². The average molecular weight is 607 g/mol. The normalized spacial score (nSPS) is 16.0. The Morgan fingerprint density at radius 1 is 0.818 bits per heavy atom. The van der Waals surface area contributed by atoms with Gasteiger partial charge in [0.15, 0.2) is 5.13 Å². The van der Waals surface area contributed by atoms with Crippen LogP contribution in [0.4, 0.5) is 5.13 Å². The first kappa shape index (κ1) is 28.9. The number of aliphatic hydroxyl groups is 1. The van der Waals surface area contributed by atoms with Gasteiger partial charge in [-0.1, -0.05) is 65.9 Å². The standard InChI is InChI=1S/C35H30N2O6S/c1-3-41-26-12-8-11-24(19-26)32(38)30-31(23-13-15-25(16-14-23)43-21-22-9-6-5-7-10-22)37(34(40)33(30)39)35-36-28-18-17-27(42-4-2)20-29(28)44-35/h5-20,31,38H,3-4,21H2,1-2H3. The van der Waals surface area contributed by atoms with Crippen molar-refractivity contribution >= 4 is 44.1 Å². The molecule has 0 aliphatic carbocycles. The Morgan fingerprint density at radius 2 is 1.52 bits per heavy atom. The van der Waals surface area contributed by atoms with Crippen molar-refractivity contribution in [3.63, 3.8) is 0 Å². The maximum Gasteiger partial charge on any atom is 0.301 e. The maximum atomic E-state index is 13.7. The van der Waals surface area contributed by atoms with Gasteiger partial charge in [0.2, 0.25) is 0 Å². The van der Waals surface area contributed by atoms with Crippen LogP contribution in [0.2, 0.25) is 0 Å². The number of carbonyl (C=O) groups excluding carboxylic acids is 2. The molecule has 5 aromatic rings. The van der Waals surface area contributed by atoms with E-state index in [1.54, 1.807) is 48.5 Å². The second-order valence-electron chi connectivity index (χ2n) is 10.0. The Balaban J connectivity index is 1.42. The molecule has 0 bridgehead atoms. The molecule has 2 heterocycles. The second kappa shape index (κ2) is 12.6. The monoisotopic (exact) mass is 606 g/mol. The molecule has 1 aliphatic rings. The van der Waals surface area contributed by atoms with Crippen molar-refractivity contribution < 1.29 is 28.9 Å². The SMILES string of the molecule is CCOc1cccc(C(O)=C2C(=O)C(=O)N(c3nc4ccc(OCC)cc4s3)C2c2ccc(OCc3ccccc3)cc2)c1. The van der Waals surface area contributed by atoms with E-state index in [0.717, 1.165) is 10.3 Å². The molecule has 0 spiro atoms. The summed E-state index contributed by atoms with van der Waals surface area (Å²) >= 11 is 1.28. The summed E-state index contributed by atoms with van der Waals surface area (Å²) in [6.45, 7) is 5.12. The third kappa shape index (κ3) is 5.74. The van der Waals surface area contributed by atoms with Gasteiger partial charge in [0.25, 0.3) is 5.78 Å². The van der Waals surface area contributed by atoms with Crippen molar-refractivity contribution in [1.29, 1.82) is 0 Å². The summed E-state index contributed by atoms with van der Waals surface area (Å²) in [6, 6.07) is 28.4. The lowest BCUT2D eigenvalue weighted by Gasteiger charge is -2.23. The second-order valence-corrected chi connectivity index (χ2v) is 11.0. The predicted molar refractivity (Wildman–Crippen MR) is 170 cm³/mol. The summed E-state index contributed by atoms with van der Waals surface area (Å²) in [5, 5.41) is 11.9. The molecule has 8 nitrogen and oxygen atoms in total. The molecule has 44 heavy (non-hydrogen) atoms. The van der Waals surface area contributed by atoms with Crippen molar-refractivity contribution in [2.75, 3.05) is 18.1 Å². The van der Waals surface area contributed by atoms with Gasteiger partial charge < -0.3 is 19.3 Å². The summed E-state index contributed by atoms with van der Waals surface area (Å²) < 4.78 is 18.0. The highest BCUT2D eigenvalue weighted by atomic mass is 32.1. The molecule has 9 heteroatoms. The third-order valence-corrected chi connectivity index (χ3v) is 8.19. The van der Waals surface area contributed by atoms with Crippen molar-refractivity contribution in [1.82, 2.24) is 4.98 Å². The molecule has 1 aliphatic heterocycles. The molecular weight excluding hydrogens is 576 g/mol. The molecule has 1 fully saturated rings. The molecule has 0 radical (unpaired) electrons. The van der Waals surface area contributed by atoms with Crippen LogP contribution in [0.5, 0.6) is 17.2 Å². The van der Waals surface area contributed by atoms with E-state index < -0.39 is 17.7 Å². The number of thiazole rings is 1. The topological polar surface area (TPSA) is 98.2 Å². The fraction of sp³-hybridized carbons (Fsp3) is 0.171. The lowest BCUT2D eigenvalue weighted by molar-refractivity contribution is -0.132. The average Bonchev–Trinajstić information content (AvgIpc) is 3.58. The van der Waals surface area contributed by atoms with Crippen LogP contribution in [0.1, 0.15) is 36.6 Å². The van der Waals surface area contributed by atoms with Crippen molar-refractivity contribution in [2.24, 2.45) is 0 Å². The summed E-state index contributed by atoms with van der Waals surface area (Å²) in [4.78, 5) is 33.4. The Labute approximate surface area is 258 Å². The quantitative estimate of drug-likeness (QED) is 0.101. The minimum absolute atomic E-state index is 0.0316. The first-order chi connectivity index (χ1) is 21.5. The number of ketones is 1. The van der Waals surface area contributed by atoms with Crippen molar-refractivity contribution in [3.8, 4) is 17.2 Å². The number of amides is 1. The number of rotatable bonds is 10. The predicted octanol–water partition coefficient (Wildman–Crippen LogP) is 7.30. The lowest BCUT2D eigenvalue weighted by atomic mass is 9.95. The molecule has 1 atom stereocenters. The van der Waals surface area contributed by atoms with Gasteiger partial charge in [-0.25, -0.2) is 4.98 Å². The third-order valence-electron chi connectivity index (χ3n) is 7.17. The Hall–Kier alpha value is -5.15. The van der Waals surface area contributed by atoms with E-state index in [9.17, 15) is 14.7 Å². The number of fused-ring (bicyclic) bond motifs is 1. The van der Waals surface area contributed by atoms with E-state index >= 15 is 0 Å². The minimum Gasteiger partial charge on any atom is -0.507 e. The number of hydrogen-bond acceptors (Lipinski definition) is 8. The zero-order chi connectivity index (χ0) is 30.6. The number of benzene rings is 4. The first-order valence-corrected chi connectivity index (χ1v) is 15.1. The highest BCUT2D eigenvalue weighted by Crippen LogP contribution is 2.45. The van der Waals surface area contributed by atoms with Crippen LogP contribution in [0, 0.1) is 0 Å². The van der Waals surface area contributed by atoms with Crippen molar-refractivity contribution in [2.45, 2.75) is 26.5 Å². The number of ether oxygens (including phenoxy) is 3. The number of aliphatic hydroxyl groups excluding tert-OH is 1. The molecule has 1 amide bonds. The van der Waals surface area contributed by atoms with Crippen LogP contribution >= 0.6 is 11.3 Å². The van der Waals surface area contributed by atoms with Crippen LogP contribution in [0.15, 0.2) is 103 Å². The summed E-state index contributed by atoms with van der Waals surface area (Å²) in [5.41, 5.74) is 2.65. The van der Waals surface area contributed by atoms with Gasteiger partial charge in [-0.3, -0.25) is 14.5 Å². The number of aromatic nitrogens is 1. The highest BCUT2D eigenvalue weighted by Gasteiger charge is 2.48. The molecule has 1 aromatic heterocycles. The number of anilines is 1. The minimum atomic E-state index is -0.930. The van der Waals surface area contributed by atoms with Crippen LogP contribution in [-0.4, -0.2) is 35.0 Å². The molecule has 0 saturated carbocycles. The Bertz CT molecular complexity index is 1850. The molecule has 1 unspecified atom stereocenters. The van der Waals surface area contributed by atoms with Crippen molar-refractivity contribution in [3.05, 3.63) is 119 Å². The summed E-state index contributed by atoms with van der Waals surface area (Å²) in [6.07, 6.45) is 0. The molecule has 4 aromatic carbocycles. The first-order valence-electron chi connectivity index (χ1n) is 14.3. The highest BCUT2D eigenvalue weighted by molar-refractivity contribution is 7.22. The van der Waals surface area contributed by atoms with Gasteiger partial charge in [-0.15, -0.1) is 0 Å². The lowest BCUT2D eigenvalue weighted by Crippen LogP contribution is -2.29. The van der Waals surface area contributed by atoms with Gasteiger partial charge in [-0.2, -0.15) is 0 Å². The van der Waals surface area contributed by atoms with Crippen LogP contribution in [-0.2, 0) is 16.2 Å². The number of hydrogen-bond donors (Lipinski definition) is 1. The number of Topliss-reactive ketones (excluding diaryl/α,β-unsaturated/α-hetero) is 1. The Morgan fingerprint density at radius 3 is 2.25 bits per heavy atom. The maximum absolute atomic E-state index is 13.7. The van der Waals surface area contributed by atoms with Gasteiger partial charge in [0.1, 0.15) is 29.6 Å².